The van der Waals surface area contributed by atoms with Gasteiger partial charge in [-0.3, -0.25) is 0 Å². The maximum absolute atomic E-state index is 14.0. The zero-order valence-electron chi connectivity index (χ0n) is 9.51. The minimum Gasteiger partial charge on any atom is -0.487 e. The van der Waals surface area contributed by atoms with Crippen LogP contribution >= 0.6 is 0 Å². The van der Waals surface area contributed by atoms with Crippen molar-refractivity contribution in [1.82, 2.24) is 0 Å². The summed E-state index contributed by atoms with van der Waals surface area (Å²) >= 11 is 0. The first-order chi connectivity index (χ1) is 6.98. The number of hydrogen-bond acceptors (Lipinski definition) is 1. The highest BCUT2D eigenvalue weighted by molar-refractivity contribution is 5.35. The summed E-state index contributed by atoms with van der Waals surface area (Å²) in [6.45, 7) is 6.02. The van der Waals surface area contributed by atoms with Crippen molar-refractivity contribution >= 4 is 0 Å². The van der Waals surface area contributed by atoms with Gasteiger partial charge in [0.05, 0.1) is 6.10 Å². The fourth-order valence-corrected chi connectivity index (χ4v) is 1.55. The van der Waals surface area contributed by atoms with Gasteiger partial charge in [0.1, 0.15) is 0 Å². The van der Waals surface area contributed by atoms with E-state index in [1.54, 1.807) is 6.07 Å². The van der Waals surface area contributed by atoms with Crippen molar-refractivity contribution in [3.05, 3.63) is 29.6 Å². The van der Waals surface area contributed by atoms with Crippen molar-refractivity contribution in [3.63, 3.8) is 0 Å². The van der Waals surface area contributed by atoms with Gasteiger partial charge in [-0.15, -0.1) is 0 Å². The molecule has 0 atom stereocenters. The Morgan fingerprint density at radius 3 is 2.47 bits per heavy atom. The molecule has 2 heteroatoms. The first kappa shape index (κ1) is 10.5. The maximum atomic E-state index is 14.0. The van der Waals surface area contributed by atoms with Gasteiger partial charge in [0.2, 0.25) is 0 Å². The highest BCUT2D eigenvalue weighted by atomic mass is 19.1. The normalized spacial score (nSPS) is 16.5. The molecule has 0 radical (unpaired) electrons. The second-order valence-electron chi connectivity index (χ2n) is 5.18. The molecule has 1 saturated carbocycles. The van der Waals surface area contributed by atoms with Crippen LogP contribution in [0, 0.1) is 5.82 Å². The van der Waals surface area contributed by atoms with Gasteiger partial charge in [-0.25, -0.2) is 4.39 Å². The van der Waals surface area contributed by atoms with Crippen molar-refractivity contribution in [2.45, 2.75) is 45.1 Å². The third kappa shape index (κ3) is 2.31. The molecule has 0 unspecified atom stereocenters. The fraction of sp³-hybridized carbons (Fsp3) is 0.538. The van der Waals surface area contributed by atoms with E-state index >= 15 is 0 Å². The maximum Gasteiger partial charge on any atom is 0.168 e. The minimum absolute atomic E-state index is 0.174. The molecule has 0 heterocycles. The highest BCUT2D eigenvalue weighted by Gasteiger charge is 2.27. The number of halogens is 1. The van der Waals surface area contributed by atoms with Crippen molar-refractivity contribution < 1.29 is 9.13 Å². The van der Waals surface area contributed by atoms with Gasteiger partial charge in [0, 0.05) is 0 Å². The molecule has 2 rings (SSSR count). The predicted octanol–water partition coefficient (Wildman–Crippen LogP) is 3.66. The molecular formula is C13H17FO. The Bertz CT molecular complexity index is 361. The molecule has 0 aromatic heterocycles. The smallest absolute Gasteiger partial charge is 0.168 e. The van der Waals surface area contributed by atoms with Crippen molar-refractivity contribution in [2.24, 2.45) is 0 Å². The summed E-state index contributed by atoms with van der Waals surface area (Å²) in [5, 5.41) is 0. The molecule has 0 saturated heterocycles. The lowest BCUT2D eigenvalue weighted by Gasteiger charge is -2.21. The summed E-state index contributed by atoms with van der Waals surface area (Å²) < 4.78 is 19.5. The Morgan fingerprint density at radius 2 is 1.93 bits per heavy atom. The van der Waals surface area contributed by atoms with E-state index in [0.29, 0.717) is 5.75 Å². The van der Waals surface area contributed by atoms with Gasteiger partial charge in [-0.05, 0) is 29.9 Å². The predicted molar refractivity (Wildman–Crippen MR) is 58.8 cm³/mol. The molecule has 15 heavy (non-hydrogen) atoms. The number of benzene rings is 1. The Kier molecular flexibility index (Phi) is 2.45. The van der Waals surface area contributed by atoms with Crippen molar-refractivity contribution in [3.8, 4) is 5.75 Å². The van der Waals surface area contributed by atoms with Gasteiger partial charge in [0.25, 0.3) is 0 Å². The average Bonchev–Trinajstić information content (AvgIpc) is 2.90. The minimum atomic E-state index is -0.197. The Morgan fingerprint density at radius 1 is 1.27 bits per heavy atom. The third-order valence-corrected chi connectivity index (χ3v) is 2.59. The van der Waals surface area contributed by atoms with Gasteiger partial charge >= 0.3 is 0 Å². The molecule has 1 nitrogen and oxygen atoms in total. The monoisotopic (exact) mass is 208 g/mol. The quantitative estimate of drug-likeness (QED) is 0.720. The van der Waals surface area contributed by atoms with Crippen LogP contribution in [0.2, 0.25) is 0 Å². The average molecular weight is 208 g/mol. The first-order valence-electron chi connectivity index (χ1n) is 5.44. The topological polar surface area (TPSA) is 9.23 Å². The third-order valence-electron chi connectivity index (χ3n) is 2.59. The molecule has 0 bridgehead atoms. The van der Waals surface area contributed by atoms with Crippen molar-refractivity contribution in [1.29, 1.82) is 0 Å². The number of hydrogen-bond donors (Lipinski definition) is 0. The standard InChI is InChI=1S/C13H17FO/c1-13(2,3)10-5-4-6-11(12(10)14)15-9-7-8-9/h4-6,9H,7-8H2,1-3H3. The van der Waals surface area contributed by atoms with E-state index in [-0.39, 0.29) is 17.3 Å². The largest absolute Gasteiger partial charge is 0.487 e. The van der Waals surface area contributed by atoms with Crippen LogP contribution in [-0.4, -0.2) is 6.10 Å². The molecule has 82 valence electrons. The first-order valence-corrected chi connectivity index (χ1v) is 5.44. The van der Waals surface area contributed by atoms with Gasteiger partial charge in [0.15, 0.2) is 11.6 Å². The second kappa shape index (κ2) is 3.51. The van der Waals surface area contributed by atoms with E-state index in [4.69, 9.17) is 4.74 Å². The summed E-state index contributed by atoms with van der Waals surface area (Å²) in [4.78, 5) is 0. The molecule has 0 spiro atoms. The van der Waals surface area contributed by atoms with E-state index in [2.05, 4.69) is 0 Å². The Balaban J connectivity index is 2.31. The fourth-order valence-electron chi connectivity index (χ4n) is 1.55. The summed E-state index contributed by atoms with van der Waals surface area (Å²) in [6.07, 6.45) is 2.35. The van der Waals surface area contributed by atoms with E-state index in [1.807, 2.05) is 32.9 Å². The van der Waals surface area contributed by atoms with E-state index in [0.717, 1.165) is 18.4 Å². The molecular weight excluding hydrogens is 191 g/mol. The summed E-state index contributed by atoms with van der Waals surface area (Å²) in [7, 11) is 0. The summed E-state index contributed by atoms with van der Waals surface area (Å²) in [6, 6.07) is 5.40. The lowest BCUT2D eigenvalue weighted by molar-refractivity contribution is 0.284. The summed E-state index contributed by atoms with van der Waals surface area (Å²) in [5.74, 6) is 0.210. The summed E-state index contributed by atoms with van der Waals surface area (Å²) in [5.41, 5.74) is 0.549. The molecule has 0 amide bonds. The zero-order valence-corrected chi connectivity index (χ0v) is 9.51. The lowest BCUT2D eigenvalue weighted by atomic mass is 9.86. The van der Waals surface area contributed by atoms with Crippen LogP contribution in [0.4, 0.5) is 4.39 Å². The van der Waals surface area contributed by atoms with Gasteiger partial charge in [-0.1, -0.05) is 32.9 Å². The van der Waals surface area contributed by atoms with E-state index in [1.165, 1.54) is 0 Å². The number of rotatable bonds is 2. The van der Waals surface area contributed by atoms with Gasteiger partial charge in [-0.2, -0.15) is 0 Å². The Hall–Kier alpha value is -1.05. The molecule has 1 fully saturated rings. The van der Waals surface area contributed by atoms with Crippen LogP contribution in [0.3, 0.4) is 0 Å². The van der Waals surface area contributed by atoms with Crippen LogP contribution in [0.1, 0.15) is 39.2 Å². The zero-order chi connectivity index (χ0) is 11.1. The van der Waals surface area contributed by atoms with Crippen LogP contribution in [0.25, 0.3) is 0 Å². The van der Waals surface area contributed by atoms with Crippen LogP contribution in [0.5, 0.6) is 5.75 Å². The molecule has 0 aliphatic heterocycles. The molecule has 0 N–H and O–H groups in total. The van der Waals surface area contributed by atoms with Crippen molar-refractivity contribution in [2.75, 3.05) is 0 Å². The van der Waals surface area contributed by atoms with Crippen LogP contribution in [-0.2, 0) is 5.41 Å². The van der Waals surface area contributed by atoms with Gasteiger partial charge < -0.3 is 4.74 Å². The molecule has 1 aromatic carbocycles. The molecule has 1 aliphatic carbocycles. The van der Waals surface area contributed by atoms with E-state index < -0.39 is 0 Å². The van der Waals surface area contributed by atoms with E-state index in [9.17, 15) is 4.39 Å². The second-order valence-corrected chi connectivity index (χ2v) is 5.18. The molecule has 1 aliphatic rings. The van der Waals surface area contributed by atoms with Crippen LogP contribution < -0.4 is 4.74 Å². The molecule has 1 aromatic rings. The van der Waals surface area contributed by atoms with Crippen LogP contribution in [0.15, 0.2) is 18.2 Å². The Labute approximate surface area is 90.3 Å². The lowest BCUT2D eigenvalue weighted by Crippen LogP contribution is -2.14. The number of ether oxygens (including phenoxy) is 1. The highest BCUT2D eigenvalue weighted by Crippen LogP contribution is 2.33. The SMILES string of the molecule is CC(C)(C)c1cccc(OC2CC2)c1F.